The minimum atomic E-state index is -0.617. The Morgan fingerprint density at radius 2 is 2.42 bits per heavy atom. The second-order valence-corrected chi connectivity index (χ2v) is 2.43. The number of ether oxygens (including phenoxy) is 1. The molecule has 12 heavy (non-hydrogen) atoms. The van der Waals surface area contributed by atoms with Crippen molar-refractivity contribution in [2.75, 3.05) is 26.9 Å². The quantitative estimate of drug-likeness (QED) is 0.428. The number of hydrogen-bond acceptors (Lipinski definition) is 4. The van der Waals surface area contributed by atoms with Crippen LogP contribution in [0, 0.1) is 0 Å². The van der Waals surface area contributed by atoms with Gasteiger partial charge < -0.3 is 20.9 Å². The van der Waals surface area contributed by atoms with Crippen LogP contribution in [0.25, 0.3) is 0 Å². The average Bonchev–Trinajstić information content (AvgIpc) is 2.05. The molecular weight excluding hydrogens is 160 g/mol. The topological polar surface area (TPSA) is 84.6 Å². The van der Waals surface area contributed by atoms with E-state index < -0.39 is 6.04 Å². The first-order chi connectivity index (χ1) is 5.72. The molecule has 1 unspecified atom stereocenters. The number of nitrogens with two attached hydrogens (primary N) is 1. The average molecular weight is 176 g/mol. The van der Waals surface area contributed by atoms with Crippen molar-refractivity contribution in [1.29, 1.82) is 0 Å². The number of methoxy groups -OCH3 is 1. The molecule has 0 aliphatic heterocycles. The van der Waals surface area contributed by atoms with E-state index in [0.717, 1.165) is 0 Å². The van der Waals surface area contributed by atoms with Gasteiger partial charge in [0.1, 0.15) is 6.04 Å². The van der Waals surface area contributed by atoms with Gasteiger partial charge in [0.15, 0.2) is 0 Å². The van der Waals surface area contributed by atoms with Crippen LogP contribution < -0.4 is 11.1 Å². The summed E-state index contributed by atoms with van der Waals surface area (Å²) in [5, 5.41) is 11.0. The fourth-order valence-corrected chi connectivity index (χ4v) is 0.677. The molecule has 0 radical (unpaired) electrons. The number of amides is 1. The Morgan fingerprint density at radius 3 is 2.92 bits per heavy atom. The van der Waals surface area contributed by atoms with E-state index in [1.165, 1.54) is 7.11 Å². The van der Waals surface area contributed by atoms with Crippen molar-refractivity contribution in [3.63, 3.8) is 0 Å². The normalized spacial score (nSPS) is 12.6. The summed E-state index contributed by atoms with van der Waals surface area (Å²) in [5.41, 5.74) is 5.41. The zero-order valence-electron chi connectivity index (χ0n) is 7.25. The van der Waals surface area contributed by atoms with Crippen LogP contribution in [0.2, 0.25) is 0 Å². The molecule has 0 aromatic heterocycles. The van der Waals surface area contributed by atoms with E-state index in [1.807, 2.05) is 0 Å². The molecule has 0 saturated carbocycles. The molecule has 0 aromatic carbocycles. The van der Waals surface area contributed by atoms with E-state index in [1.54, 1.807) is 0 Å². The van der Waals surface area contributed by atoms with Crippen LogP contribution in [0.15, 0.2) is 0 Å². The summed E-state index contributed by atoms with van der Waals surface area (Å²) >= 11 is 0. The zero-order chi connectivity index (χ0) is 9.40. The lowest BCUT2D eigenvalue weighted by atomic mass is 10.3. The first-order valence-electron chi connectivity index (χ1n) is 3.85. The summed E-state index contributed by atoms with van der Waals surface area (Å²) in [6.07, 6.45) is 0.547. The lowest BCUT2D eigenvalue weighted by Crippen LogP contribution is -2.43. The standard InChI is InChI=1S/C7H16N2O3/c1-12-5-6(8)7(11)9-3-2-4-10/h6,10H,2-5,8H2,1H3,(H,9,11). The van der Waals surface area contributed by atoms with Crippen LogP contribution in [0.5, 0.6) is 0 Å². The van der Waals surface area contributed by atoms with Gasteiger partial charge >= 0.3 is 0 Å². The molecule has 0 rings (SSSR count). The Balaban J connectivity index is 3.43. The summed E-state index contributed by atoms with van der Waals surface area (Å²) in [6, 6.07) is -0.617. The monoisotopic (exact) mass is 176 g/mol. The molecular formula is C7H16N2O3. The minimum absolute atomic E-state index is 0.0692. The molecule has 0 aliphatic carbocycles. The number of carbonyl (C=O) groups is 1. The zero-order valence-corrected chi connectivity index (χ0v) is 7.25. The van der Waals surface area contributed by atoms with Crippen molar-refractivity contribution in [3.8, 4) is 0 Å². The second-order valence-electron chi connectivity index (χ2n) is 2.43. The smallest absolute Gasteiger partial charge is 0.239 e. The van der Waals surface area contributed by atoms with Gasteiger partial charge in [-0.05, 0) is 6.42 Å². The summed E-state index contributed by atoms with van der Waals surface area (Å²) in [7, 11) is 1.49. The molecule has 0 aromatic rings. The van der Waals surface area contributed by atoms with Gasteiger partial charge in [0.05, 0.1) is 6.61 Å². The predicted molar refractivity (Wildman–Crippen MR) is 44.6 cm³/mol. The third-order valence-corrected chi connectivity index (χ3v) is 1.32. The van der Waals surface area contributed by atoms with E-state index in [0.29, 0.717) is 13.0 Å². The van der Waals surface area contributed by atoms with Crippen molar-refractivity contribution in [2.45, 2.75) is 12.5 Å². The van der Waals surface area contributed by atoms with Gasteiger partial charge in [-0.2, -0.15) is 0 Å². The summed E-state index contributed by atoms with van der Waals surface area (Å²) in [5.74, 6) is -0.245. The number of hydrogen-bond donors (Lipinski definition) is 3. The Labute approximate surface area is 71.9 Å². The third-order valence-electron chi connectivity index (χ3n) is 1.32. The highest BCUT2D eigenvalue weighted by Gasteiger charge is 2.11. The molecule has 0 bridgehead atoms. The Kier molecular flexibility index (Phi) is 6.64. The number of aliphatic hydroxyl groups is 1. The highest BCUT2D eigenvalue weighted by molar-refractivity contribution is 5.81. The molecule has 0 aliphatic rings. The largest absolute Gasteiger partial charge is 0.396 e. The second kappa shape index (κ2) is 7.02. The predicted octanol–water partition coefficient (Wildman–Crippen LogP) is -1.54. The lowest BCUT2D eigenvalue weighted by Gasteiger charge is -2.10. The Morgan fingerprint density at radius 1 is 1.75 bits per heavy atom. The molecule has 4 N–H and O–H groups in total. The van der Waals surface area contributed by atoms with Gasteiger partial charge in [-0.25, -0.2) is 0 Å². The molecule has 0 spiro atoms. The van der Waals surface area contributed by atoms with E-state index in [9.17, 15) is 4.79 Å². The Hall–Kier alpha value is -0.650. The van der Waals surface area contributed by atoms with E-state index >= 15 is 0 Å². The van der Waals surface area contributed by atoms with Gasteiger partial charge in [0.25, 0.3) is 0 Å². The maximum atomic E-state index is 11.0. The molecule has 5 heteroatoms. The highest BCUT2D eigenvalue weighted by atomic mass is 16.5. The lowest BCUT2D eigenvalue weighted by molar-refractivity contribution is -0.123. The summed E-state index contributed by atoms with van der Waals surface area (Å²) in [6.45, 7) is 0.734. The van der Waals surface area contributed by atoms with Gasteiger partial charge in [-0.1, -0.05) is 0 Å². The number of nitrogens with one attached hydrogen (secondary N) is 1. The van der Waals surface area contributed by atoms with Crippen LogP contribution in [0.4, 0.5) is 0 Å². The first kappa shape index (κ1) is 11.4. The molecule has 1 amide bonds. The van der Waals surface area contributed by atoms with Crippen molar-refractivity contribution < 1.29 is 14.6 Å². The van der Waals surface area contributed by atoms with Crippen LogP contribution in [0.3, 0.4) is 0 Å². The molecule has 5 nitrogen and oxygen atoms in total. The molecule has 0 fully saturated rings. The fraction of sp³-hybridized carbons (Fsp3) is 0.857. The maximum Gasteiger partial charge on any atom is 0.239 e. The van der Waals surface area contributed by atoms with Crippen LogP contribution in [-0.4, -0.2) is 43.9 Å². The van der Waals surface area contributed by atoms with E-state index in [-0.39, 0.29) is 19.1 Å². The molecule has 0 heterocycles. The molecule has 1 atom stereocenters. The van der Waals surface area contributed by atoms with Crippen molar-refractivity contribution in [1.82, 2.24) is 5.32 Å². The van der Waals surface area contributed by atoms with Gasteiger partial charge in [0, 0.05) is 20.3 Å². The number of rotatable bonds is 6. The van der Waals surface area contributed by atoms with Crippen LogP contribution in [-0.2, 0) is 9.53 Å². The fourth-order valence-electron chi connectivity index (χ4n) is 0.677. The van der Waals surface area contributed by atoms with Gasteiger partial charge in [-0.3, -0.25) is 4.79 Å². The summed E-state index contributed by atoms with van der Waals surface area (Å²) < 4.78 is 4.70. The number of carbonyl (C=O) groups excluding carboxylic acids is 1. The van der Waals surface area contributed by atoms with Gasteiger partial charge in [0.2, 0.25) is 5.91 Å². The number of aliphatic hydroxyl groups excluding tert-OH is 1. The van der Waals surface area contributed by atoms with Crippen LogP contribution >= 0.6 is 0 Å². The Bertz CT molecular complexity index is 130. The first-order valence-corrected chi connectivity index (χ1v) is 3.85. The molecule has 0 saturated heterocycles. The van der Waals surface area contributed by atoms with Gasteiger partial charge in [-0.15, -0.1) is 0 Å². The highest BCUT2D eigenvalue weighted by Crippen LogP contribution is 1.81. The van der Waals surface area contributed by atoms with Crippen LogP contribution in [0.1, 0.15) is 6.42 Å². The SMILES string of the molecule is COCC(N)C(=O)NCCCO. The summed E-state index contributed by atoms with van der Waals surface area (Å²) in [4.78, 5) is 11.0. The van der Waals surface area contributed by atoms with E-state index in [4.69, 9.17) is 15.6 Å². The van der Waals surface area contributed by atoms with Crippen molar-refractivity contribution >= 4 is 5.91 Å². The molecule has 72 valence electrons. The van der Waals surface area contributed by atoms with Crippen molar-refractivity contribution in [2.24, 2.45) is 5.73 Å². The maximum absolute atomic E-state index is 11.0. The van der Waals surface area contributed by atoms with E-state index in [2.05, 4.69) is 5.32 Å². The van der Waals surface area contributed by atoms with Crippen molar-refractivity contribution in [3.05, 3.63) is 0 Å². The minimum Gasteiger partial charge on any atom is -0.396 e. The third kappa shape index (κ3) is 5.06.